The van der Waals surface area contributed by atoms with E-state index in [4.69, 9.17) is 4.74 Å². The van der Waals surface area contributed by atoms with Crippen LogP contribution < -0.4 is 5.32 Å². The first-order valence-electron chi connectivity index (χ1n) is 5.42. The monoisotopic (exact) mass is 212 g/mol. The molecule has 1 atom stereocenters. The van der Waals surface area contributed by atoms with Crippen LogP contribution in [0.2, 0.25) is 0 Å². The summed E-state index contributed by atoms with van der Waals surface area (Å²) in [6, 6.07) is 0.0731. The smallest absolute Gasteiger partial charge is 0.255 e. The van der Waals surface area contributed by atoms with Crippen LogP contribution in [0.4, 0.5) is 0 Å². The molecule has 2 aliphatic heterocycles. The molecule has 2 saturated heterocycles. The summed E-state index contributed by atoms with van der Waals surface area (Å²) in [5.41, 5.74) is 0. The molecular weight excluding hydrogens is 196 g/mol. The third kappa shape index (κ3) is 2.35. The predicted octanol–water partition coefficient (Wildman–Crippen LogP) is -0.486. The van der Waals surface area contributed by atoms with Crippen LogP contribution in [0.5, 0.6) is 0 Å². The lowest BCUT2D eigenvalue weighted by atomic mass is 10.1. The maximum Gasteiger partial charge on any atom is 0.255 e. The van der Waals surface area contributed by atoms with Gasteiger partial charge in [-0.25, -0.2) is 0 Å². The number of nitrogens with one attached hydrogen (secondary N) is 1. The van der Waals surface area contributed by atoms with Gasteiger partial charge >= 0.3 is 0 Å². The number of ether oxygens (including phenoxy) is 1. The lowest BCUT2D eigenvalue weighted by molar-refractivity contribution is -0.161. The maximum absolute atomic E-state index is 11.6. The first-order valence-corrected chi connectivity index (χ1v) is 5.42. The average molecular weight is 212 g/mol. The number of rotatable bonds is 1. The van der Waals surface area contributed by atoms with E-state index in [1.54, 1.807) is 0 Å². The first-order chi connectivity index (χ1) is 7.29. The molecule has 15 heavy (non-hydrogen) atoms. The minimum absolute atomic E-state index is 0.0513. The molecule has 5 nitrogen and oxygen atoms in total. The Morgan fingerprint density at radius 1 is 1.13 bits per heavy atom. The summed E-state index contributed by atoms with van der Waals surface area (Å²) in [5.74, 6) is -0.365. The van der Waals surface area contributed by atoms with Crippen LogP contribution >= 0.6 is 0 Å². The van der Waals surface area contributed by atoms with E-state index in [-0.39, 0.29) is 31.1 Å². The molecule has 0 saturated carbocycles. The van der Waals surface area contributed by atoms with Gasteiger partial charge < -0.3 is 10.1 Å². The molecule has 2 rings (SSSR count). The fourth-order valence-electron chi connectivity index (χ4n) is 2.17. The van der Waals surface area contributed by atoms with Crippen molar-refractivity contribution < 1.29 is 14.3 Å². The highest BCUT2D eigenvalue weighted by Gasteiger charge is 2.32. The van der Waals surface area contributed by atoms with Crippen LogP contribution in [0.15, 0.2) is 0 Å². The predicted molar refractivity (Wildman–Crippen MR) is 53.2 cm³/mol. The molecule has 2 aliphatic rings. The Hall–Kier alpha value is -0.940. The Bertz CT molecular complexity index is 243. The number of nitrogens with zero attached hydrogens (tertiary/aromatic N) is 1. The van der Waals surface area contributed by atoms with Gasteiger partial charge in [-0.15, -0.1) is 0 Å². The van der Waals surface area contributed by atoms with Crippen LogP contribution in [0.25, 0.3) is 0 Å². The van der Waals surface area contributed by atoms with Crippen molar-refractivity contribution in [3.63, 3.8) is 0 Å². The lowest BCUT2D eigenvalue weighted by Gasteiger charge is -2.32. The number of morpholine rings is 1. The molecular formula is C10H16N2O3. The van der Waals surface area contributed by atoms with Gasteiger partial charge in [-0.05, 0) is 32.4 Å². The van der Waals surface area contributed by atoms with Gasteiger partial charge in [0.15, 0.2) is 0 Å². The molecule has 0 aromatic heterocycles. The van der Waals surface area contributed by atoms with Crippen LogP contribution in [0.1, 0.15) is 19.3 Å². The number of hydrogen-bond donors (Lipinski definition) is 1. The normalized spacial score (nSPS) is 29.1. The van der Waals surface area contributed by atoms with Crippen LogP contribution in [0.3, 0.4) is 0 Å². The molecule has 0 spiro atoms. The molecule has 1 unspecified atom stereocenters. The van der Waals surface area contributed by atoms with E-state index < -0.39 is 0 Å². The second kappa shape index (κ2) is 4.72. The molecule has 0 aromatic rings. The van der Waals surface area contributed by atoms with E-state index in [2.05, 4.69) is 5.32 Å². The third-order valence-corrected chi connectivity index (χ3v) is 2.90. The number of imide groups is 1. The topological polar surface area (TPSA) is 58.6 Å². The largest absolute Gasteiger partial charge is 0.362 e. The van der Waals surface area contributed by atoms with Gasteiger partial charge in [-0.2, -0.15) is 0 Å². The molecule has 0 aliphatic carbocycles. The second-order valence-electron chi connectivity index (χ2n) is 3.99. The fourth-order valence-corrected chi connectivity index (χ4v) is 2.17. The lowest BCUT2D eigenvalue weighted by Crippen LogP contribution is -2.51. The molecule has 0 bridgehead atoms. The van der Waals surface area contributed by atoms with Crippen LogP contribution in [-0.4, -0.2) is 49.1 Å². The second-order valence-corrected chi connectivity index (χ2v) is 3.99. The number of amides is 2. The van der Waals surface area contributed by atoms with Crippen molar-refractivity contribution in [1.29, 1.82) is 0 Å². The summed E-state index contributed by atoms with van der Waals surface area (Å²) in [5, 5.41) is 3.27. The number of carbonyl (C=O) groups is 2. The van der Waals surface area contributed by atoms with E-state index in [0.29, 0.717) is 0 Å². The zero-order valence-corrected chi connectivity index (χ0v) is 8.70. The standard InChI is InChI=1S/C10H16N2O3/c13-9-6-15-7-10(14)12(9)8-2-1-4-11-5-3-8/h8,11H,1-7H2. The molecule has 0 radical (unpaired) electrons. The van der Waals surface area contributed by atoms with Crippen molar-refractivity contribution in [2.24, 2.45) is 0 Å². The van der Waals surface area contributed by atoms with Crippen molar-refractivity contribution in [2.75, 3.05) is 26.3 Å². The molecule has 2 amide bonds. The fraction of sp³-hybridized carbons (Fsp3) is 0.800. The molecule has 84 valence electrons. The molecule has 2 heterocycles. The summed E-state index contributed by atoms with van der Waals surface area (Å²) < 4.78 is 4.89. The molecule has 0 aromatic carbocycles. The highest BCUT2D eigenvalue weighted by molar-refractivity contribution is 5.98. The Labute approximate surface area is 88.8 Å². The first kappa shape index (κ1) is 10.6. The quantitative estimate of drug-likeness (QED) is 0.596. The summed E-state index contributed by atoms with van der Waals surface area (Å²) in [6.45, 7) is 1.96. The molecule has 2 fully saturated rings. The van der Waals surface area contributed by atoms with E-state index in [1.807, 2.05) is 0 Å². The Morgan fingerprint density at radius 3 is 2.60 bits per heavy atom. The average Bonchev–Trinajstić information content (AvgIpc) is 2.46. The number of carbonyl (C=O) groups excluding carboxylic acids is 2. The van der Waals surface area contributed by atoms with Crippen LogP contribution in [-0.2, 0) is 14.3 Å². The van der Waals surface area contributed by atoms with E-state index >= 15 is 0 Å². The molecule has 1 N–H and O–H groups in total. The molecule has 5 heteroatoms. The highest BCUT2D eigenvalue weighted by Crippen LogP contribution is 2.16. The zero-order valence-electron chi connectivity index (χ0n) is 8.70. The summed E-state index contributed by atoms with van der Waals surface area (Å²) in [6.07, 6.45) is 2.78. The minimum Gasteiger partial charge on any atom is -0.362 e. The van der Waals surface area contributed by atoms with Crippen molar-refractivity contribution in [1.82, 2.24) is 10.2 Å². The Morgan fingerprint density at radius 2 is 1.87 bits per heavy atom. The van der Waals surface area contributed by atoms with Gasteiger partial charge in [-0.3, -0.25) is 14.5 Å². The highest BCUT2D eigenvalue weighted by atomic mass is 16.5. The van der Waals surface area contributed by atoms with Gasteiger partial charge in [0.1, 0.15) is 13.2 Å². The van der Waals surface area contributed by atoms with E-state index in [0.717, 1.165) is 32.4 Å². The van der Waals surface area contributed by atoms with E-state index in [9.17, 15) is 9.59 Å². The maximum atomic E-state index is 11.6. The summed E-state index contributed by atoms with van der Waals surface area (Å²) >= 11 is 0. The van der Waals surface area contributed by atoms with Crippen molar-refractivity contribution >= 4 is 11.8 Å². The van der Waals surface area contributed by atoms with Gasteiger partial charge in [0, 0.05) is 6.04 Å². The minimum atomic E-state index is -0.182. The van der Waals surface area contributed by atoms with Gasteiger partial charge in [0.2, 0.25) is 0 Å². The summed E-state index contributed by atoms with van der Waals surface area (Å²) in [4.78, 5) is 24.6. The van der Waals surface area contributed by atoms with Crippen LogP contribution in [0, 0.1) is 0 Å². The number of hydrogen-bond acceptors (Lipinski definition) is 4. The van der Waals surface area contributed by atoms with Crippen molar-refractivity contribution in [3.8, 4) is 0 Å². The van der Waals surface area contributed by atoms with Crippen molar-refractivity contribution in [3.05, 3.63) is 0 Å². The Kier molecular flexibility index (Phi) is 3.33. The zero-order chi connectivity index (χ0) is 10.7. The van der Waals surface area contributed by atoms with Gasteiger partial charge in [0.25, 0.3) is 11.8 Å². The Balaban J connectivity index is 2.05. The van der Waals surface area contributed by atoms with Crippen molar-refractivity contribution in [2.45, 2.75) is 25.3 Å². The van der Waals surface area contributed by atoms with E-state index in [1.165, 1.54) is 4.90 Å². The third-order valence-electron chi connectivity index (χ3n) is 2.90. The SMILES string of the molecule is O=C1COCC(=O)N1C1CCCNCC1. The van der Waals surface area contributed by atoms with Gasteiger partial charge in [0.05, 0.1) is 0 Å². The summed E-state index contributed by atoms with van der Waals surface area (Å²) in [7, 11) is 0. The van der Waals surface area contributed by atoms with Gasteiger partial charge in [-0.1, -0.05) is 0 Å².